The average Bonchev–Trinajstić information content (AvgIpc) is 2.16. The lowest BCUT2D eigenvalue weighted by molar-refractivity contribution is 0.0133. The summed E-state index contributed by atoms with van der Waals surface area (Å²) in [5, 5.41) is 3.20. The van der Waals surface area contributed by atoms with E-state index in [1.807, 2.05) is 0 Å². The van der Waals surface area contributed by atoms with E-state index in [1.165, 1.54) is 0 Å². The molecule has 1 aliphatic carbocycles. The van der Waals surface area contributed by atoms with Gasteiger partial charge in [0.2, 0.25) is 0 Å². The SMILES string of the molecule is COC1CCC2C(CC(Cl)NC2Cl)C1. The number of alkyl halides is 2. The molecule has 1 N–H and O–H groups in total. The van der Waals surface area contributed by atoms with Crippen molar-refractivity contribution in [3.63, 3.8) is 0 Å². The standard InChI is InChI=1S/C10H17Cl2NO/c1-14-7-2-3-8-6(4-7)5-9(11)13-10(8)12/h6-10,13H,2-5H2,1H3. The van der Waals surface area contributed by atoms with Crippen LogP contribution >= 0.6 is 23.2 Å². The first-order valence-corrected chi connectivity index (χ1v) is 6.15. The van der Waals surface area contributed by atoms with Gasteiger partial charge in [-0.3, -0.25) is 5.32 Å². The molecule has 5 unspecified atom stereocenters. The van der Waals surface area contributed by atoms with Gasteiger partial charge in [0, 0.05) is 7.11 Å². The highest BCUT2D eigenvalue weighted by molar-refractivity contribution is 6.23. The number of piperidine rings is 1. The zero-order valence-electron chi connectivity index (χ0n) is 8.38. The minimum absolute atomic E-state index is 0.0364. The van der Waals surface area contributed by atoms with E-state index in [1.54, 1.807) is 7.11 Å². The highest BCUT2D eigenvalue weighted by Gasteiger charge is 2.39. The van der Waals surface area contributed by atoms with Crippen molar-refractivity contribution in [1.82, 2.24) is 5.32 Å². The van der Waals surface area contributed by atoms with Crippen LogP contribution in [0.25, 0.3) is 0 Å². The van der Waals surface area contributed by atoms with Crippen LogP contribution < -0.4 is 5.32 Å². The Kier molecular flexibility index (Phi) is 3.59. The zero-order chi connectivity index (χ0) is 10.1. The van der Waals surface area contributed by atoms with Gasteiger partial charge in [0.05, 0.1) is 17.1 Å². The summed E-state index contributed by atoms with van der Waals surface area (Å²) >= 11 is 12.3. The van der Waals surface area contributed by atoms with Crippen molar-refractivity contribution in [2.75, 3.05) is 7.11 Å². The fraction of sp³-hybridized carbons (Fsp3) is 1.00. The van der Waals surface area contributed by atoms with Crippen molar-refractivity contribution >= 4 is 23.2 Å². The Labute approximate surface area is 95.3 Å². The van der Waals surface area contributed by atoms with Crippen LogP contribution in [0.1, 0.15) is 25.7 Å². The van der Waals surface area contributed by atoms with Gasteiger partial charge in [-0.05, 0) is 37.5 Å². The van der Waals surface area contributed by atoms with Crippen molar-refractivity contribution in [3.8, 4) is 0 Å². The molecule has 0 bridgehead atoms. The topological polar surface area (TPSA) is 21.3 Å². The summed E-state index contributed by atoms with van der Waals surface area (Å²) < 4.78 is 5.40. The van der Waals surface area contributed by atoms with E-state index in [4.69, 9.17) is 27.9 Å². The molecule has 4 heteroatoms. The Morgan fingerprint density at radius 2 is 2.00 bits per heavy atom. The molecular weight excluding hydrogens is 221 g/mol. The summed E-state index contributed by atoms with van der Waals surface area (Å²) in [6, 6.07) is 0. The first kappa shape index (κ1) is 11.0. The molecule has 1 aliphatic heterocycles. The molecule has 0 aromatic carbocycles. The van der Waals surface area contributed by atoms with E-state index < -0.39 is 0 Å². The van der Waals surface area contributed by atoms with Crippen molar-refractivity contribution in [1.29, 1.82) is 0 Å². The molecule has 1 heterocycles. The number of fused-ring (bicyclic) bond motifs is 1. The van der Waals surface area contributed by atoms with Gasteiger partial charge in [-0.2, -0.15) is 0 Å². The predicted molar refractivity (Wildman–Crippen MR) is 58.7 cm³/mol. The van der Waals surface area contributed by atoms with E-state index in [9.17, 15) is 0 Å². The van der Waals surface area contributed by atoms with Crippen LogP contribution in [0.5, 0.6) is 0 Å². The number of nitrogens with one attached hydrogen (secondary N) is 1. The molecule has 2 fully saturated rings. The lowest BCUT2D eigenvalue weighted by Crippen LogP contribution is -2.49. The second-order valence-electron chi connectivity index (χ2n) is 4.37. The van der Waals surface area contributed by atoms with E-state index in [0.717, 1.165) is 25.7 Å². The third-order valence-corrected chi connectivity index (χ3v) is 4.31. The van der Waals surface area contributed by atoms with Gasteiger partial charge in [0.25, 0.3) is 0 Å². The van der Waals surface area contributed by atoms with Crippen LogP contribution in [0, 0.1) is 11.8 Å². The van der Waals surface area contributed by atoms with Crippen LogP contribution in [-0.2, 0) is 4.74 Å². The van der Waals surface area contributed by atoms with Gasteiger partial charge in [-0.15, -0.1) is 23.2 Å². The molecule has 1 saturated carbocycles. The largest absolute Gasteiger partial charge is 0.381 e. The molecule has 2 nitrogen and oxygen atoms in total. The van der Waals surface area contributed by atoms with Crippen molar-refractivity contribution in [2.24, 2.45) is 11.8 Å². The molecule has 5 atom stereocenters. The van der Waals surface area contributed by atoms with Gasteiger partial charge >= 0.3 is 0 Å². The Hall–Kier alpha value is 0.500. The Morgan fingerprint density at radius 1 is 1.21 bits per heavy atom. The maximum Gasteiger partial charge on any atom is 0.0867 e. The molecule has 14 heavy (non-hydrogen) atoms. The van der Waals surface area contributed by atoms with Gasteiger partial charge in [-0.25, -0.2) is 0 Å². The molecule has 0 radical (unpaired) electrons. The summed E-state index contributed by atoms with van der Waals surface area (Å²) in [5.41, 5.74) is 0.0865. The molecule has 2 aliphatic rings. The smallest absolute Gasteiger partial charge is 0.0867 e. The van der Waals surface area contributed by atoms with E-state index in [0.29, 0.717) is 17.9 Å². The number of ether oxygens (including phenoxy) is 1. The number of halogens is 2. The van der Waals surface area contributed by atoms with Crippen LogP contribution in [-0.4, -0.2) is 24.2 Å². The highest BCUT2D eigenvalue weighted by Crippen LogP contribution is 2.40. The first-order chi connectivity index (χ1) is 6.70. The number of hydrogen-bond acceptors (Lipinski definition) is 2. The van der Waals surface area contributed by atoms with Gasteiger partial charge in [0.1, 0.15) is 0 Å². The fourth-order valence-electron chi connectivity index (χ4n) is 2.74. The molecule has 0 aromatic heterocycles. The monoisotopic (exact) mass is 237 g/mol. The molecule has 1 saturated heterocycles. The molecule has 0 amide bonds. The second kappa shape index (κ2) is 4.56. The number of hydrogen-bond donors (Lipinski definition) is 1. The zero-order valence-corrected chi connectivity index (χ0v) is 9.89. The maximum atomic E-state index is 6.24. The van der Waals surface area contributed by atoms with Crippen molar-refractivity contribution < 1.29 is 4.74 Å². The minimum Gasteiger partial charge on any atom is -0.381 e. The van der Waals surface area contributed by atoms with Crippen molar-refractivity contribution in [3.05, 3.63) is 0 Å². The predicted octanol–water partition coefficient (Wildman–Crippen LogP) is 2.54. The average molecular weight is 238 g/mol. The third kappa shape index (κ3) is 2.19. The maximum absolute atomic E-state index is 6.24. The number of rotatable bonds is 1. The summed E-state index contributed by atoms with van der Waals surface area (Å²) in [6.45, 7) is 0. The Morgan fingerprint density at radius 3 is 2.71 bits per heavy atom. The molecular formula is C10H17Cl2NO. The third-order valence-electron chi connectivity index (χ3n) is 3.55. The Balaban J connectivity index is 1.99. The summed E-state index contributed by atoms with van der Waals surface area (Å²) in [6.07, 6.45) is 4.86. The molecule has 2 rings (SSSR count). The molecule has 0 aromatic rings. The summed E-state index contributed by atoms with van der Waals surface area (Å²) in [5.74, 6) is 1.22. The highest BCUT2D eigenvalue weighted by atomic mass is 35.5. The lowest BCUT2D eigenvalue weighted by atomic mass is 9.74. The normalized spacial score (nSPS) is 48.6. The van der Waals surface area contributed by atoms with Crippen LogP contribution in [0.2, 0.25) is 0 Å². The van der Waals surface area contributed by atoms with Gasteiger partial charge in [-0.1, -0.05) is 0 Å². The minimum atomic E-state index is 0.0364. The van der Waals surface area contributed by atoms with E-state index in [2.05, 4.69) is 5.32 Å². The van der Waals surface area contributed by atoms with Gasteiger partial charge in [0.15, 0.2) is 0 Å². The van der Waals surface area contributed by atoms with E-state index in [-0.39, 0.29) is 11.0 Å². The fourth-order valence-corrected chi connectivity index (χ4v) is 3.66. The van der Waals surface area contributed by atoms with E-state index >= 15 is 0 Å². The number of methoxy groups -OCH3 is 1. The van der Waals surface area contributed by atoms with Crippen LogP contribution in [0.15, 0.2) is 0 Å². The summed E-state index contributed by atoms with van der Waals surface area (Å²) in [4.78, 5) is 0. The second-order valence-corrected chi connectivity index (χ2v) is 5.36. The Bertz CT molecular complexity index is 203. The van der Waals surface area contributed by atoms with Gasteiger partial charge < -0.3 is 4.74 Å². The first-order valence-electron chi connectivity index (χ1n) is 5.27. The molecule has 82 valence electrons. The van der Waals surface area contributed by atoms with Crippen LogP contribution in [0.3, 0.4) is 0 Å². The molecule has 0 spiro atoms. The van der Waals surface area contributed by atoms with Crippen molar-refractivity contribution in [2.45, 2.75) is 42.8 Å². The quantitative estimate of drug-likeness (QED) is 0.560. The lowest BCUT2D eigenvalue weighted by Gasteiger charge is -2.43. The summed E-state index contributed by atoms with van der Waals surface area (Å²) in [7, 11) is 1.79. The van der Waals surface area contributed by atoms with Crippen LogP contribution in [0.4, 0.5) is 0 Å².